The van der Waals surface area contributed by atoms with E-state index in [1.54, 1.807) is 16.8 Å². The molecular formula is C21H20N4OS. The van der Waals surface area contributed by atoms with Crippen molar-refractivity contribution in [3.05, 3.63) is 71.5 Å². The van der Waals surface area contributed by atoms with Gasteiger partial charge in [-0.25, -0.2) is 15.0 Å². The van der Waals surface area contributed by atoms with E-state index in [0.717, 1.165) is 40.1 Å². The molecule has 0 atom stereocenters. The zero-order valence-electron chi connectivity index (χ0n) is 15.1. The van der Waals surface area contributed by atoms with Crippen molar-refractivity contribution in [1.82, 2.24) is 15.0 Å². The third-order valence-corrected chi connectivity index (χ3v) is 5.43. The topological polar surface area (TPSA) is 58.5 Å². The van der Waals surface area contributed by atoms with Crippen LogP contribution >= 0.6 is 11.8 Å². The summed E-state index contributed by atoms with van der Waals surface area (Å²) in [7, 11) is 0. The maximum atomic E-state index is 12.5. The van der Waals surface area contributed by atoms with E-state index in [0.29, 0.717) is 18.1 Å². The largest absolute Gasteiger partial charge is 0.272 e. The lowest BCUT2D eigenvalue weighted by Gasteiger charge is -2.11. The second kappa shape index (κ2) is 7.88. The van der Waals surface area contributed by atoms with Crippen LogP contribution < -0.4 is 0 Å². The first-order valence-electron chi connectivity index (χ1n) is 8.94. The van der Waals surface area contributed by atoms with Crippen LogP contribution in [0.1, 0.15) is 23.4 Å². The number of benzene rings is 2. The third-order valence-electron chi connectivity index (χ3n) is 4.50. The van der Waals surface area contributed by atoms with E-state index >= 15 is 0 Å². The van der Waals surface area contributed by atoms with Crippen LogP contribution in [-0.2, 0) is 10.5 Å². The number of thioether (sulfide) groups is 1. The number of aromatic nitrogens is 2. The molecule has 2 heterocycles. The normalized spacial score (nSPS) is 13.8. The number of carbonyl (C=O) groups excluding carboxylic acids is 1. The summed E-state index contributed by atoms with van der Waals surface area (Å²) in [5.41, 5.74) is 5.70. The van der Waals surface area contributed by atoms with E-state index < -0.39 is 0 Å². The molecule has 27 heavy (non-hydrogen) atoms. The lowest BCUT2D eigenvalue weighted by atomic mass is 10.1. The van der Waals surface area contributed by atoms with E-state index in [1.807, 2.05) is 61.5 Å². The minimum atomic E-state index is 0.0392. The highest BCUT2D eigenvalue weighted by atomic mass is 32.2. The Balaban J connectivity index is 1.36. The van der Waals surface area contributed by atoms with Crippen LogP contribution in [0.3, 0.4) is 0 Å². The van der Waals surface area contributed by atoms with Crippen molar-refractivity contribution in [2.45, 2.75) is 19.1 Å². The van der Waals surface area contributed by atoms with E-state index in [2.05, 4.69) is 15.1 Å². The van der Waals surface area contributed by atoms with Gasteiger partial charge in [-0.15, -0.1) is 11.8 Å². The summed E-state index contributed by atoms with van der Waals surface area (Å²) in [5, 5.41) is 6.09. The Morgan fingerprint density at radius 1 is 1.04 bits per heavy atom. The van der Waals surface area contributed by atoms with Gasteiger partial charge in [0.1, 0.15) is 0 Å². The van der Waals surface area contributed by atoms with Gasteiger partial charge in [-0.2, -0.15) is 5.10 Å². The van der Waals surface area contributed by atoms with Crippen molar-refractivity contribution in [2.75, 3.05) is 12.3 Å². The lowest BCUT2D eigenvalue weighted by Crippen LogP contribution is -2.25. The highest BCUT2D eigenvalue weighted by molar-refractivity contribution is 7.99. The summed E-state index contributed by atoms with van der Waals surface area (Å²) in [6, 6.07) is 17.9. The first-order valence-corrected chi connectivity index (χ1v) is 10.1. The smallest absolute Gasteiger partial charge is 0.252 e. The van der Waals surface area contributed by atoms with E-state index in [1.165, 1.54) is 0 Å². The number of hydrogen-bond acceptors (Lipinski definition) is 5. The number of nitrogens with zero attached hydrogens (tertiary/aromatic N) is 4. The van der Waals surface area contributed by atoms with Crippen molar-refractivity contribution in [3.63, 3.8) is 0 Å². The molecule has 136 valence electrons. The number of amides is 1. The Morgan fingerprint density at radius 2 is 1.74 bits per heavy atom. The highest BCUT2D eigenvalue weighted by Crippen LogP contribution is 2.19. The Kier molecular flexibility index (Phi) is 5.16. The molecule has 0 saturated heterocycles. The quantitative estimate of drug-likeness (QED) is 0.679. The first kappa shape index (κ1) is 17.7. The van der Waals surface area contributed by atoms with Crippen LogP contribution in [0.5, 0.6) is 0 Å². The summed E-state index contributed by atoms with van der Waals surface area (Å²) in [5.74, 6) is 1.09. The summed E-state index contributed by atoms with van der Waals surface area (Å²) >= 11 is 1.56. The lowest BCUT2D eigenvalue weighted by molar-refractivity contribution is -0.127. The number of hydrogen-bond donors (Lipinski definition) is 0. The molecule has 0 unspecified atom stereocenters. The minimum Gasteiger partial charge on any atom is -0.272 e. The van der Waals surface area contributed by atoms with Gasteiger partial charge in [-0.3, -0.25) is 4.79 Å². The molecule has 0 radical (unpaired) electrons. The fraction of sp³-hybridized carbons (Fsp3) is 0.238. The van der Waals surface area contributed by atoms with E-state index in [-0.39, 0.29) is 5.91 Å². The van der Waals surface area contributed by atoms with Gasteiger partial charge < -0.3 is 0 Å². The predicted molar refractivity (Wildman–Crippen MR) is 110 cm³/mol. The average molecular weight is 376 g/mol. The minimum absolute atomic E-state index is 0.0392. The van der Waals surface area contributed by atoms with E-state index in [4.69, 9.17) is 0 Å². The van der Waals surface area contributed by atoms with Crippen molar-refractivity contribution in [2.24, 2.45) is 5.10 Å². The summed E-state index contributed by atoms with van der Waals surface area (Å²) in [6.07, 6.45) is 0.801. The number of rotatable bonds is 5. The van der Waals surface area contributed by atoms with Crippen molar-refractivity contribution in [3.8, 4) is 0 Å². The number of aryl methyl sites for hydroxylation is 1. The Bertz CT molecular complexity index is 1000. The molecule has 1 aliphatic rings. The second-order valence-electron chi connectivity index (χ2n) is 6.42. The zero-order chi connectivity index (χ0) is 18.6. The molecule has 5 nitrogen and oxygen atoms in total. The maximum Gasteiger partial charge on any atom is 0.252 e. The fourth-order valence-electron chi connectivity index (χ4n) is 3.04. The molecule has 0 saturated carbocycles. The molecule has 3 aromatic rings. The number of hydrazone groups is 1. The summed E-state index contributed by atoms with van der Waals surface area (Å²) in [4.78, 5) is 21.8. The molecule has 1 aliphatic heterocycles. The Hall–Kier alpha value is -2.73. The molecular weight excluding hydrogens is 356 g/mol. The predicted octanol–water partition coefficient (Wildman–Crippen LogP) is 3.81. The zero-order valence-corrected chi connectivity index (χ0v) is 15.9. The van der Waals surface area contributed by atoms with Crippen LogP contribution in [0.25, 0.3) is 11.0 Å². The standard InChI is InChI=1S/C21H20N4OS/c1-15-20(23-19-10-6-5-9-18(19)22-15)13-27-14-21(26)25-12-11-17(24-25)16-7-3-2-4-8-16/h2-10H,11-14H2,1H3. The van der Waals surface area contributed by atoms with Crippen molar-refractivity contribution in [1.29, 1.82) is 0 Å². The van der Waals surface area contributed by atoms with Gasteiger partial charge in [0, 0.05) is 12.2 Å². The average Bonchev–Trinajstić information content (AvgIpc) is 3.19. The maximum absolute atomic E-state index is 12.5. The molecule has 0 bridgehead atoms. The molecule has 0 N–H and O–H groups in total. The first-order chi connectivity index (χ1) is 13.2. The number of carbonyl (C=O) groups is 1. The molecule has 0 aliphatic carbocycles. The van der Waals surface area contributed by atoms with E-state index in [9.17, 15) is 4.79 Å². The Labute approximate surface area is 162 Å². The summed E-state index contributed by atoms with van der Waals surface area (Å²) < 4.78 is 0. The van der Waals surface area contributed by atoms with Gasteiger partial charge in [0.05, 0.1) is 40.4 Å². The third kappa shape index (κ3) is 4.01. The summed E-state index contributed by atoms with van der Waals surface area (Å²) in [6.45, 7) is 2.62. The molecule has 4 rings (SSSR count). The Morgan fingerprint density at radius 3 is 2.52 bits per heavy atom. The van der Waals surface area contributed by atoms with Crippen molar-refractivity contribution < 1.29 is 4.79 Å². The van der Waals surface area contributed by atoms with Gasteiger partial charge in [0.25, 0.3) is 5.91 Å². The molecule has 0 fully saturated rings. The molecule has 1 aromatic heterocycles. The van der Waals surface area contributed by atoms with Gasteiger partial charge in [0.15, 0.2) is 0 Å². The molecule has 6 heteroatoms. The van der Waals surface area contributed by atoms with Gasteiger partial charge in [-0.1, -0.05) is 42.5 Å². The monoisotopic (exact) mass is 376 g/mol. The van der Waals surface area contributed by atoms with Gasteiger partial charge in [-0.05, 0) is 24.6 Å². The molecule has 2 aromatic carbocycles. The molecule has 0 spiro atoms. The van der Waals surface area contributed by atoms with Crippen LogP contribution in [-0.4, -0.2) is 38.9 Å². The van der Waals surface area contributed by atoms with Crippen molar-refractivity contribution >= 4 is 34.4 Å². The highest BCUT2D eigenvalue weighted by Gasteiger charge is 2.21. The van der Waals surface area contributed by atoms with Crippen LogP contribution in [0.15, 0.2) is 59.7 Å². The number of fused-ring (bicyclic) bond motifs is 1. The fourth-order valence-corrected chi connectivity index (χ4v) is 3.93. The SMILES string of the molecule is Cc1nc2ccccc2nc1CSCC(=O)N1CCC(c2ccccc2)=N1. The van der Waals surface area contributed by atoms with Crippen LogP contribution in [0.4, 0.5) is 0 Å². The number of para-hydroxylation sites is 2. The molecule has 1 amide bonds. The van der Waals surface area contributed by atoms with Gasteiger partial charge in [0.2, 0.25) is 0 Å². The van der Waals surface area contributed by atoms with Crippen LogP contribution in [0, 0.1) is 6.92 Å². The van der Waals surface area contributed by atoms with Gasteiger partial charge >= 0.3 is 0 Å². The van der Waals surface area contributed by atoms with Crippen LogP contribution in [0.2, 0.25) is 0 Å². The second-order valence-corrected chi connectivity index (χ2v) is 7.40.